The van der Waals surface area contributed by atoms with Gasteiger partial charge in [-0.15, -0.1) is 39.4 Å². The summed E-state index contributed by atoms with van der Waals surface area (Å²) in [6, 6.07) is 5.88. The summed E-state index contributed by atoms with van der Waals surface area (Å²) in [7, 11) is 0. The van der Waals surface area contributed by atoms with Gasteiger partial charge in [0.1, 0.15) is 16.4 Å². The van der Waals surface area contributed by atoms with Gasteiger partial charge in [-0.2, -0.15) is 0 Å². The van der Waals surface area contributed by atoms with Crippen molar-refractivity contribution in [1.29, 1.82) is 0 Å². The van der Waals surface area contributed by atoms with Crippen LogP contribution in [0.25, 0.3) is 32.0 Å². The van der Waals surface area contributed by atoms with Crippen LogP contribution in [0.2, 0.25) is 0 Å². The highest BCUT2D eigenvalue weighted by molar-refractivity contribution is 7.99. The standard InChI is InChI=1S/C22H19N5O2S3/c1-4-8-27-19(14-7-9-29-12(14)2)25-26-22(27)32-13(3)18-23-20(28)17-15(11-31-21(17)24-18)16-6-5-10-30-16/h4-7,9-11,13H,1,8H2,2-3H3,(H,23,24,28). The summed E-state index contributed by atoms with van der Waals surface area (Å²) in [4.78, 5) is 22.5. The Labute approximate surface area is 195 Å². The zero-order chi connectivity index (χ0) is 22.2. The van der Waals surface area contributed by atoms with Crippen LogP contribution in [0.4, 0.5) is 0 Å². The number of nitrogens with one attached hydrogen (secondary N) is 1. The largest absolute Gasteiger partial charge is 0.469 e. The first-order valence-corrected chi connectivity index (χ1v) is 12.5. The van der Waals surface area contributed by atoms with Crippen LogP contribution in [0.1, 0.15) is 23.8 Å². The molecule has 0 bridgehead atoms. The predicted octanol–water partition coefficient (Wildman–Crippen LogP) is 5.91. The molecule has 0 aliphatic carbocycles. The fourth-order valence-electron chi connectivity index (χ4n) is 3.47. The number of aromatic nitrogens is 5. The first kappa shape index (κ1) is 20.9. The van der Waals surface area contributed by atoms with Crippen molar-refractivity contribution in [2.45, 2.75) is 30.8 Å². The molecule has 0 amide bonds. The van der Waals surface area contributed by atoms with Gasteiger partial charge >= 0.3 is 0 Å². The number of thioether (sulfide) groups is 1. The molecule has 0 aliphatic rings. The topological polar surface area (TPSA) is 89.6 Å². The lowest BCUT2D eigenvalue weighted by molar-refractivity contribution is 0.534. The third kappa shape index (κ3) is 3.64. The van der Waals surface area contributed by atoms with E-state index in [0.717, 1.165) is 37.6 Å². The minimum atomic E-state index is -0.134. The van der Waals surface area contributed by atoms with E-state index in [1.165, 1.54) is 23.1 Å². The van der Waals surface area contributed by atoms with Gasteiger partial charge in [-0.3, -0.25) is 9.36 Å². The highest BCUT2D eigenvalue weighted by atomic mass is 32.2. The van der Waals surface area contributed by atoms with Crippen molar-refractivity contribution < 1.29 is 4.42 Å². The Balaban J connectivity index is 1.48. The average molecular weight is 482 g/mol. The zero-order valence-corrected chi connectivity index (χ0v) is 19.8. The number of aromatic amines is 1. The third-order valence-corrected chi connectivity index (χ3v) is 7.91. The summed E-state index contributed by atoms with van der Waals surface area (Å²) in [6.45, 7) is 8.31. The van der Waals surface area contributed by atoms with Crippen LogP contribution in [0.15, 0.2) is 62.2 Å². The molecule has 0 saturated carbocycles. The van der Waals surface area contributed by atoms with Gasteiger partial charge in [-0.05, 0) is 31.4 Å². The molecule has 1 atom stereocenters. The van der Waals surface area contributed by atoms with Crippen molar-refractivity contribution in [3.8, 4) is 21.8 Å². The minimum Gasteiger partial charge on any atom is -0.469 e. The maximum absolute atomic E-state index is 12.9. The van der Waals surface area contributed by atoms with E-state index in [4.69, 9.17) is 9.40 Å². The lowest BCUT2D eigenvalue weighted by Crippen LogP contribution is -2.12. The van der Waals surface area contributed by atoms with Crippen LogP contribution in [0.3, 0.4) is 0 Å². The van der Waals surface area contributed by atoms with Gasteiger partial charge in [0.05, 0.1) is 22.5 Å². The summed E-state index contributed by atoms with van der Waals surface area (Å²) in [5.41, 5.74) is 1.71. The maximum atomic E-state index is 12.9. The molecule has 1 N–H and O–H groups in total. The van der Waals surface area contributed by atoms with Gasteiger partial charge in [-0.1, -0.05) is 23.9 Å². The van der Waals surface area contributed by atoms with E-state index in [-0.39, 0.29) is 10.8 Å². The van der Waals surface area contributed by atoms with E-state index >= 15 is 0 Å². The molecule has 5 aromatic heterocycles. The van der Waals surface area contributed by atoms with Gasteiger partial charge in [0.2, 0.25) is 0 Å². The van der Waals surface area contributed by atoms with E-state index in [9.17, 15) is 4.79 Å². The molecule has 0 fully saturated rings. The number of hydrogen-bond acceptors (Lipinski definition) is 8. The number of aryl methyl sites for hydroxylation is 1. The third-order valence-electron chi connectivity index (χ3n) is 5.04. The van der Waals surface area contributed by atoms with Gasteiger partial charge in [-0.25, -0.2) is 4.98 Å². The Kier molecular flexibility index (Phi) is 5.58. The Morgan fingerprint density at radius 2 is 2.19 bits per heavy atom. The molecule has 5 heterocycles. The number of nitrogens with zero attached hydrogens (tertiary/aromatic N) is 4. The summed E-state index contributed by atoms with van der Waals surface area (Å²) in [5, 5.41) is 14.0. The van der Waals surface area contributed by atoms with Crippen LogP contribution < -0.4 is 5.56 Å². The lowest BCUT2D eigenvalue weighted by Gasteiger charge is -2.12. The molecule has 5 rings (SSSR count). The molecular weight excluding hydrogens is 462 g/mol. The Bertz CT molecular complexity index is 1460. The normalized spacial score (nSPS) is 12.4. The van der Waals surface area contributed by atoms with Gasteiger partial charge < -0.3 is 9.40 Å². The molecule has 10 heteroatoms. The van der Waals surface area contributed by atoms with Crippen LogP contribution >= 0.6 is 34.4 Å². The number of fused-ring (bicyclic) bond motifs is 1. The second-order valence-corrected chi connectivity index (χ2v) is 10.2. The second kappa shape index (κ2) is 8.53. The SMILES string of the molecule is C=CCn1c(SC(C)c2nc3scc(-c4cccs4)c3c(=O)[nH]2)nnc1-c1ccoc1C. The van der Waals surface area contributed by atoms with E-state index in [1.54, 1.807) is 23.7 Å². The molecule has 162 valence electrons. The van der Waals surface area contributed by atoms with Crippen LogP contribution in [-0.4, -0.2) is 24.7 Å². The molecule has 0 spiro atoms. The smallest absolute Gasteiger partial charge is 0.260 e. The van der Waals surface area contributed by atoms with E-state index in [2.05, 4.69) is 21.8 Å². The van der Waals surface area contributed by atoms with Crippen LogP contribution in [0, 0.1) is 6.92 Å². The molecule has 32 heavy (non-hydrogen) atoms. The van der Waals surface area contributed by atoms with Crippen LogP contribution in [0.5, 0.6) is 0 Å². The fraction of sp³-hybridized carbons (Fsp3) is 0.182. The van der Waals surface area contributed by atoms with Crippen molar-refractivity contribution in [2.24, 2.45) is 0 Å². The van der Waals surface area contributed by atoms with Gasteiger partial charge in [0.15, 0.2) is 11.0 Å². The van der Waals surface area contributed by atoms with E-state index in [1.807, 2.05) is 47.4 Å². The van der Waals surface area contributed by atoms with E-state index < -0.39 is 0 Å². The quantitative estimate of drug-likeness (QED) is 0.229. The summed E-state index contributed by atoms with van der Waals surface area (Å²) in [5.74, 6) is 2.12. The van der Waals surface area contributed by atoms with Crippen LogP contribution in [-0.2, 0) is 6.54 Å². The van der Waals surface area contributed by atoms with Crippen molar-refractivity contribution >= 4 is 44.7 Å². The predicted molar refractivity (Wildman–Crippen MR) is 130 cm³/mol. The van der Waals surface area contributed by atoms with Crippen molar-refractivity contribution in [1.82, 2.24) is 24.7 Å². The number of H-pyrrole nitrogens is 1. The molecule has 0 saturated heterocycles. The van der Waals surface area contributed by atoms with Gasteiger partial charge in [0.25, 0.3) is 5.56 Å². The van der Waals surface area contributed by atoms with Crippen molar-refractivity contribution in [3.63, 3.8) is 0 Å². The number of thiophene rings is 2. The number of hydrogen-bond donors (Lipinski definition) is 1. The molecule has 1 unspecified atom stereocenters. The Morgan fingerprint density at radius 1 is 1.31 bits per heavy atom. The van der Waals surface area contributed by atoms with Crippen molar-refractivity contribution in [2.75, 3.05) is 0 Å². The fourth-order valence-corrected chi connectivity index (χ4v) is 6.16. The van der Waals surface area contributed by atoms with Crippen molar-refractivity contribution in [3.05, 3.63) is 69.8 Å². The average Bonchev–Trinajstić information content (AvgIpc) is 3.55. The molecule has 7 nitrogen and oxygen atoms in total. The maximum Gasteiger partial charge on any atom is 0.260 e. The Hall–Kier alpha value is -2.95. The minimum absolute atomic E-state index is 0.121. The summed E-state index contributed by atoms with van der Waals surface area (Å²) in [6.07, 6.45) is 3.45. The lowest BCUT2D eigenvalue weighted by atomic mass is 10.2. The molecule has 0 aromatic carbocycles. The number of furan rings is 1. The zero-order valence-electron chi connectivity index (χ0n) is 17.4. The molecular formula is C22H19N5O2S3. The highest BCUT2D eigenvalue weighted by Gasteiger charge is 2.22. The highest BCUT2D eigenvalue weighted by Crippen LogP contribution is 2.37. The number of rotatable bonds is 7. The second-order valence-electron chi connectivity index (χ2n) is 7.11. The first-order chi connectivity index (χ1) is 15.6. The van der Waals surface area contributed by atoms with E-state index in [0.29, 0.717) is 17.8 Å². The number of allylic oxidation sites excluding steroid dienone is 1. The molecule has 0 aliphatic heterocycles. The molecule has 5 aromatic rings. The first-order valence-electron chi connectivity index (χ1n) is 9.87. The molecule has 0 radical (unpaired) electrons. The monoisotopic (exact) mass is 481 g/mol. The Morgan fingerprint density at radius 3 is 2.91 bits per heavy atom. The van der Waals surface area contributed by atoms with Gasteiger partial charge in [0, 0.05) is 22.4 Å². The summed E-state index contributed by atoms with van der Waals surface area (Å²) >= 11 is 4.60. The summed E-state index contributed by atoms with van der Waals surface area (Å²) < 4.78 is 7.42.